The number of nitrogens with two attached hydrogens (primary N) is 1. The summed E-state index contributed by atoms with van der Waals surface area (Å²) in [6.07, 6.45) is 0. The van der Waals surface area contributed by atoms with Crippen molar-refractivity contribution in [2.75, 3.05) is 23.9 Å². The van der Waals surface area contributed by atoms with Gasteiger partial charge < -0.3 is 15.8 Å². The van der Waals surface area contributed by atoms with Gasteiger partial charge in [0.25, 0.3) is 0 Å². The van der Waals surface area contributed by atoms with Crippen molar-refractivity contribution < 1.29 is 9.53 Å². The van der Waals surface area contributed by atoms with E-state index in [0.29, 0.717) is 17.1 Å². The molecule has 0 aromatic heterocycles. The third kappa shape index (κ3) is 4.41. The first kappa shape index (κ1) is 15.7. The highest BCUT2D eigenvalue weighted by molar-refractivity contribution is 9.10. The Bertz CT molecular complexity index is 649. The zero-order valence-corrected chi connectivity index (χ0v) is 13.8. The maximum atomic E-state index is 12.0. The van der Waals surface area contributed by atoms with Gasteiger partial charge in [-0.3, -0.25) is 4.79 Å². The van der Waals surface area contributed by atoms with Crippen LogP contribution in [-0.2, 0) is 4.79 Å². The van der Waals surface area contributed by atoms with Crippen molar-refractivity contribution in [1.82, 2.24) is 0 Å². The quantitative estimate of drug-likeness (QED) is 0.624. The lowest BCUT2D eigenvalue weighted by molar-refractivity contribution is -0.113. The molecule has 6 heteroatoms. The number of carbonyl (C=O) groups is 1. The number of ether oxygens (including phenoxy) is 1. The summed E-state index contributed by atoms with van der Waals surface area (Å²) >= 11 is 4.78. The van der Waals surface area contributed by atoms with Crippen molar-refractivity contribution in [2.24, 2.45) is 0 Å². The first-order valence-corrected chi connectivity index (χ1v) is 7.98. The van der Waals surface area contributed by atoms with Crippen LogP contribution in [0.15, 0.2) is 51.8 Å². The van der Waals surface area contributed by atoms with E-state index in [1.54, 1.807) is 19.2 Å². The van der Waals surface area contributed by atoms with Crippen molar-refractivity contribution in [3.63, 3.8) is 0 Å². The van der Waals surface area contributed by atoms with Crippen LogP contribution in [0.3, 0.4) is 0 Å². The number of hydrogen-bond donors (Lipinski definition) is 2. The van der Waals surface area contributed by atoms with Gasteiger partial charge in [0.15, 0.2) is 0 Å². The molecule has 4 nitrogen and oxygen atoms in total. The van der Waals surface area contributed by atoms with Crippen LogP contribution in [0.1, 0.15) is 0 Å². The van der Waals surface area contributed by atoms with Gasteiger partial charge in [0, 0.05) is 15.1 Å². The van der Waals surface area contributed by atoms with E-state index in [0.717, 1.165) is 9.37 Å². The summed E-state index contributed by atoms with van der Waals surface area (Å²) in [5.41, 5.74) is 7.20. The molecule has 0 fully saturated rings. The molecule has 0 spiro atoms. The molecule has 0 aliphatic rings. The fourth-order valence-corrected chi connectivity index (χ4v) is 3.03. The predicted molar refractivity (Wildman–Crippen MR) is 90.9 cm³/mol. The summed E-state index contributed by atoms with van der Waals surface area (Å²) < 4.78 is 6.13. The SMILES string of the molecule is COc1ccccc1NC(=O)CSc1cc(Br)ccc1N. The zero-order valence-electron chi connectivity index (χ0n) is 11.4. The highest BCUT2D eigenvalue weighted by atomic mass is 79.9. The van der Waals surface area contributed by atoms with E-state index in [2.05, 4.69) is 21.2 Å². The molecule has 0 radical (unpaired) electrons. The van der Waals surface area contributed by atoms with Crippen molar-refractivity contribution >= 4 is 45.0 Å². The second-order valence-electron chi connectivity index (χ2n) is 4.22. The van der Waals surface area contributed by atoms with E-state index in [-0.39, 0.29) is 11.7 Å². The third-order valence-corrected chi connectivity index (χ3v) is 4.28. The number of nitrogens with one attached hydrogen (secondary N) is 1. The summed E-state index contributed by atoms with van der Waals surface area (Å²) in [5, 5.41) is 2.83. The number of para-hydroxylation sites is 2. The molecule has 0 aliphatic carbocycles. The van der Waals surface area contributed by atoms with Gasteiger partial charge in [-0.15, -0.1) is 11.8 Å². The largest absolute Gasteiger partial charge is 0.495 e. The fourth-order valence-electron chi connectivity index (χ4n) is 1.71. The van der Waals surface area contributed by atoms with E-state index < -0.39 is 0 Å². The number of anilines is 2. The minimum atomic E-state index is -0.108. The number of methoxy groups -OCH3 is 1. The van der Waals surface area contributed by atoms with Gasteiger partial charge in [0.05, 0.1) is 18.6 Å². The minimum absolute atomic E-state index is 0.108. The first-order valence-electron chi connectivity index (χ1n) is 6.21. The molecule has 21 heavy (non-hydrogen) atoms. The normalized spacial score (nSPS) is 10.2. The van der Waals surface area contributed by atoms with Crippen LogP contribution in [0.25, 0.3) is 0 Å². The smallest absolute Gasteiger partial charge is 0.234 e. The molecule has 0 unspecified atom stereocenters. The maximum Gasteiger partial charge on any atom is 0.234 e. The molecular formula is C15H15BrN2O2S. The van der Waals surface area contributed by atoms with Crippen molar-refractivity contribution in [1.29, 1.82) is 0 Å². The van der Waals surface area contributed by atoms with Gasteiger partial charge in [0.1, 0.15) is 5.75 Å². The Morgan fingerprint density at radius 2 is 2.10 bits per heavy atom. The number of benzene rings is 2. The van der Waals surface area contributed by atoms with Crippen molar-refractivity contribution in [3.05, 3.63) is 46.9 Å². The number of nitrogen functional groups attached to an aromatic ring is 1. The van der Waals surface area contributed by atoms with Crippen LogP contribution >= 0.6 is 27.7 Å². The highest BCUT2D eigenvalue weighted by Gasteiger charge is 2.09. The second kappa shape index (κ2) is 7.38. The van der Waals surface area contributed by atoms with Gasteiger partial charge in [-0.05, 0) is 30.3 Å². The van der Waals surface area contributed by atoms with Crippen molar-refractivity contribution in [3.8, 4) is 5.75 Å². The lowest BCUT2D eigenvalue weighted by atomic mass is 10.3. The molecule has 0 saturated carbocycles. The number of halogens is 1. The molecule has 0 atom stereocenters. The monoisotopic (exact) mass is 366 g/mol. The fraction of sp³-hybridized carbons (Fsp3) is 0.133. The highest BCUT2D eigenvalue weighted by Crippen LogP contribution is 2.29. The molecule has 0 saturated heterocycles. The minimum Gasteiger partial charge on any atom is -0.495 e. The van der Waals surface area contributed by atoms with E-state index in [1.165, 1.54) is 11.8 Å². The molecule has 3 N–H and O–H groups in total. The number of thioether (sulfide) groups is 1. The first-order chi connectivity index (χ1) is 10.1. The molecule has 2 aromatic rings. The number of carbonyl (C=O) groups excluding carboxylic acids is 1. The van der Waals surface area contributed by atoms with Gasteiger partial charge >= 0.3 is 0 Å². The van der Waals surface area contributed by atoms with E-state index >= 15 is 0 Å². The Labute approximate surface area is 136 Å². The second-order valence-corrected chi connectivity index (χ2v) is 6.15. The van der Waals surface area contributed by atoms with E-state index in [9.17, 15) is 4.79 Å². The Balaban J connectivity index is 1.97. The maximum absolute atomic E-state index is 12.0. The Morgan fingerprint density at radius 1 is 1.33 bits per heavy atom. The van der Waals surface area contributed by atoms with Crippen molar-refractivity contribution in [2.45, 2.75) is 4.90 Å². The lowest BCUT2D eigenvalue weighted by Crippen LogP contribution is -2.14. The summed E-state index contributed by atoms with van der Waals surface area (Å²) in [7, 11) is 1.57. The van der Waals surface area contributed by atoms with Crippen LogP contribution in [0, 0.1) is 0 Å². The molecular weight excluding hydrogens is 352 g/mol. The van der Waals surface area contributed by atoms with Crippen LogP contribution in [0.4, 0.5) is 11.4 Å². The molecule has 110 valence electrons. The van der Waals surface area contributed by atoms with Gasteiger partial charge in [0.2, 0.25) is 5.91 Å². The predicted octanol–water partition coefficient (Wildman–Crippen LogP) is 3.77. The summed E-state index contributed by atoms with van der Waals surface area (Å²) in [4.78, 5) is 12.9. The molecule has 1 amide bonds. The van der Waals surface area contributed by atoms with Gasteiger partial charge in [-0.2, -0.15) is 0 Å². The molecule has 2 rings (SSSR count). The van der Waals surface area contributed by atoms with Crippen LogP contribution in [-0.4, -0.2) is 18.8 Å². The number of amides is 1. The Hall–Kier alpha value is -1.66. The summed E-state index contributed by atoms with van der Waals surface area (Å²) in [5.74, 6) is 0.806. The van der Waals surface area contributed by atoms with Crippen LogP contribution in [0.5, 0.6) is 5.75 Å². The van der Waals surface area contributed by atoms with Gasteiger partial charge in [-0.1, -0.05) is 28.1 Å². The summed E-state index contributed by atoms with van der Waals surface area (Å²) in [6.45, 7) is 0. The van der Waals surface area contributed by atoms with E-state index in [4.69, 9.17) is 10.5 Å². The average molecular weight is 367 g/mol. The molecule has 2 aromatic carbocycles. The standard InChI is InChI=1S/C15H15BrN2O2S/c1-20-13-5-3-2-4-12(13)18-15(19)9-21-14-8-10(16)6-7-11(14)17/h2-8H,9,17H2,1H3,(H,18,19). The molecule has 0 aliphatic heterocycles. The number of hydrogen-bond acceptors (Lipinski definition) is 4. The van der Waals surface area contributed by atoms with E-state index in [1.807, 2.05) is 30.3 Å². The molecule has 0 heterocycles. The zero-order chi connectivity index (χ0) is 15.2. The van der Waals surface area contributed by atoms with Crippen LogP contribution < -0.4 is 15.8 Å². The Kier molecular flexibility index (Phi) is 5.52. The Morgan fingerprint density at radius 3 is 2.86 bits per heavy atom. The van der Waals surface area contributed by atoms with Gasteiger partial charge in [-0.25, -0.2) is 0 Å². The average Bonchev–Trinajstić information content (AvgIpc) is 2.49. The number of rotatable bonds is 5. The van der Waals surface area contributed by atoms with Crippen LogP contribution in [0.2, 0.25) is 0 Å². The lowest BCUT2D eigenvalue weighted by Gasteiger charge is -2.10. The summed E-state index contributed by atoms with van der Waals surface area (Å²) in [6, 6.07) is 12.9. The molecule has 0 bridgehead atoms. The third-order valence-electron chi connectivity index (χ3n) is 2.72. The topological polar surface area (TPSA) is 64.3 Å².